The van der Waals surface area contributed by atoms with E-state index in [1.807, 2.05) is 12.1 Å². The van der Waals surface area contributed by atoms with Crippen LogP contribution in [0.2, 0.25) is 5.02 Å². The summed E-state index contributed by atoms with van der Waals surface area (Å²) >= 11 is 5.89. The first kappa shape index (κ1) is 16.8. The maximum atomic E-state index is 12.4. The summed E-state index contributed by atoms with van der Waals surface area (Å²) in [6.07, 6.45) is 0. The summed E-state index contributed by atoms with van der Waals surface area (Å²) in [5.41, 5.74) is 1.63. The van der Waals surface area contributed by atoms with E-state index in [1.54, 1.807) is 25.1 Å². The van der Waals surface area contributed by atoms with Crippen molar-refractivity contribution >= 4 is 27.4 Å². The normalized spacial score (nSPS) is 12.2. The highest BCUT2D eigenvalue weighted by atomic mass is 35.5. The smallest absolute Gasteiger partial charge is 0.263 e. The lowest BCUT2D eigenvalue weighted by Crippen LogP contribution is -2.15. The van der Waals surface area contributed by atoms with Crippen molar-refractivity contribution in [3.63, 3.8) is 0 Å². The number of hydrogen-bond acceptors (Lipinski definition) is 3. The first-order valence-corrected chi connectivity index (χ1v) is 8.72. The van der Waals surface area contributed by atoms with Gasteiger partial charge in [0.1, 0.15) is 5.82 Å². The quantitative estimate of drug-likeness (QED) is 0.914. The summed E-state index contributed by atoms with van der Waals surface area (Å²) in [5, 5.41) is 0.498. The molecular weight excluding hydrogens is 320 g/mol. The lowest BCUT2D eigenvalue weighted by molar-refractivity contribution is 0.587. The van der Waals surface area contributed by atoms with Crippen LogP contribution in [0.3, 0.4) is 0 Å². The average molecular weight is 339 g/mol. The van der Waals surface area contributed by atoms with Crippen molar-refractivity contribution in [2.24, 2.45) is 0 Å². The maximum Gasteiger partial charge on any atom is 0.263 e. The molecule has 0 radical (unpaired) electrons. The Morgan fingerprint density at radius 2 is 1.64 bits per heavy atom. The van der Waals surface area contributed by atoms with Gasteiger partial charge in [-0.05, 0) is 42.2 Å². The van der Waals surface area contributed by atoms with Crippen LogP contribution in [-0.4, -0.2) is 13.4 Å². The number of nitrogens with zero attached hydrogens (tertiary/aromatic N) is 1. The molecule has 0 aliphatic heterocycles. The number of nitrogens with one attached hydrogen (secondary N) is 1. The fourth-order valence-electron chi connectivity index (χ4n) is 1.93. The molecule has 1 aromatic carbocycles. The molecule has 0 amide bonds. The Balaban J connectivity index is 2.28. The number of pyridine rings is 1. The molecule has 0 saturated carbocycles. The zero-order valence-corrected chi connectivity index (χ0v) is 14.6. The van der Waals surface area contributed by atoms with Gasteiger partial charge in [-0.2, -0.15) is 0 Å². The lowest BCUT2D eigenvalue weighted by atomic mass is 9.87. The van der Waals surface area contributed by atoms with Crippen molar-refractivity contribution in [1.82, 2.24) is 4.98 Å². The SMILES string of the molecule is Cc1nc(NS(=O)(=O)c2ccc(C(C)(C)C)cc2)ccc1Cl. The van der Waals surface area contributed by atoms with E-state index >= 15 is 0 Å². The van der Waals surface area contributed by atoms with Crippen LogP contribution in [0.15, 0.2) is 41.3 Å². The molecule has 0 unspecified atom stereocenters. The Morgan fingerprint density at radius 3 is 2.14 bits per heavy atom. The third kappa shape index (κ3) is 3.78. The van der Waals surface area contributed by atoms with E-state index in [2.05, 4.69) is 30.5 Å². The molecule has 0 saturated heterocycles. The third-order valence-corrected chi connectivity index (χ3v) is 5.06. The number of sulfonamides is 1. The molecule has 0 spiro atoms. The zero-order chi connectivity index (χ0) is 16.5. The van der Waals surface area contributed by atoms with Crippen molar-refractivity contribution in [3.05, 3.63) is 52.7 Å². The molecule has 0 fully saturated rings. The molecule has 118 valence electrons. The number of benzene rings is 1. The van der Waals surface area contributed by atoms with Crippen molar-refractivity contribution in [3.8, 4) is 0 Å². The summed E-state index contributed by atoms with van der Waals surface area (Å²) in [5.74, 6) is 0.252. The second-order valence-corrected chi connectivity index (χ2v) is 8.23. The third-order valence-electron chi connectivity index (χ3n) is 3.29. The van der Waals surface area contributed by atoms with E-state index in [4.69, 9.17) is 11.6 Å². The molecule has 1 N–H and O–H groups in total. The molecule has 4 nitrogen and oxygen atoms in total. The second kappa shape index (κ2) is 5.89. The van der Waals surface area contributed by atoms with E-state index < -0.39 is 10.0 Å². The molecule has 0 atom stereocenters. The lowest BCUT2D eigenvalue weighted by Gasteiger charge is -2.19. The Labute approximate surface area is 136 Å². The topological polar surface area (TPSA) is 59.1 Å². The molecule has 22 heavy (non-hydrogen) atoms. The summed E-state index contributed by atoms with van der Waals surface area (Å²) in [6.45, 7) is 7.96. The number of rotatable bonds is 3. The Bertz CT molecular complexity index is 779. The number of halogens is 1. The minimum atomic E-state index is -3.66. The molecule has 2 aromatic rings. The molecular formula is C16H19ClN2O2S. The molecule has 1 heterocycles. The summed E-state index contributed by atoms with van der Waals surface area (Å²) < 4.78 is 27.2. The van der Waals surface area contributed by atoms with Crippen molar-refractivity contribution < 1.29 is 8.42 Å². The first-order chi connectivity index (χ1) is 10.1. The fourth-order valence-corrected chi connectivity index (χ4v) is 3.04. The van der Waals surface area contributed by atoms with Gasteiger partial charge in [0.05, 0.1) is 15.6 Å². The van der Waals surface area contributed by atoms with Crippen LogP contribution in [0.25, 0.3) is 0 Å². The minimum absolute atomic E-state index is 0.0232. The van der Waals surface area contributed by atoms with E-state index in [1.165, 1.54) is 6.07 Å². The minimum Gasteiger partial charge on any atom is -0.263 e. The average Bonchev–Trinajstić information content (AvgIpc) is 2.42. The zero-order valence-electron chi connectivity index (χ0n) is 13.0. The van der Waals surface area contributed by atoms with E-state index in [9.17, 15) is 8.42 Å². The van der Waals surface area contributed by atoms with Gasteiger partial charge in [0, 0.05) is 0 Å². The summed E-state index contributed by atoms with van der Waals surface area (Å²) in [6, 6.07) is 10.0. The van der Waals surface area contributed by atoms with Crippen LogP contribution >= 0.6 is 11.6 Å². The Morgan fingerprint density at radius 1 is 1.05 bits per heavy atom. The van der Waals surface area contributed by atoms with Gasteiger partial charge < -0.3 is 0 Å². The molecule has 0 aliphatic carbocycles. The van der Waals surface area contributed by atoms with Crippen LogP contribution in [0.1, 0.15) is 32.0 Å². The highest BCUT2D eigenvalue weighted by molar-refractivity contribution is 7.92. The van der Waals surface area contributed by atoms with Crippen LogP contribution in [0, 0.1) is 6.92 Å². The van der Waals surface area contributed by atoms with Crippen molar-refractivity contribution in [1.29, 1.82) is 0 Å². The molecule has 1 aromatic heterocycles. The highest BCUT2D eigenvalue weighted by Gasteiger charge is 2.18. The molecule has 0 aliphatic rings. The van der Waals surface area contributed by atoms with Gasteiger partial charge in [-0.1, -0.05) is 44.5 Å². The van der Waals surface area contributed by atoms with Crippen LogP contribution in [0.4, 0.5) is 5.82 Å². The number of anilines is 1. The number of hydrogen-bond donors (Lipinski definition) is 1. The van der Waals surface area contributed by atoms with Gasteiger partial charge in [0.25, 0.3) is 10.0 Å². The van der Waals surface area contributed by atoms with Gasteiger partial charge in [0.2, 0.25) is 0 Å². The predicted octanol–water partition coefficient (Wildman–Crippen LogP) is 4.14. The van der Waals surface area contributed by atoms with Crippen molar-refractivity contribution in [2.75, 3.05) is 4.72 Å². The molecule has 6 heteroatoms. The Hall–Kier alpha value is -1.59. The summed E-state index contributed by atoms with van der Waals surface area (Å²) in [7, 11) is -3.66. The summed E-state index contributed by atoms with van der Waals surface area (Å²) in [4.78, 5) is 4.32. The van der Waals surface area contributed by atoms with Crippen molar-refractivity contribution in [2.45, 2.75) is 38.0 Å². The van der Waals surface area contributed by atoms with E-state index in [-0.39, 0.29) is 16.1 Å². The van der Waals surface area contributed by atoms with Gasteiger partial charge in [-0.15, -0.1) is 0 Å². The molecule has 2 rings (SSSR count). The maximum absolute atomic E-state index is 12.4. The van der Waals surface area contributed by atoms with Crippen LogP contribution in [-0.2, 0) is 15.4 Å². The Kier molecular flexibility index (Phi) is 4.49. The highest BCUT2D eigenvalue weighted by Crippen LogP contribution is 2.24. The van der Waals surface area contributed by atoms with Gasteiger partial charge in [-0.25, -0.2) is 13.4 Å². The first-order valence-electron chi connectivity index (χ1n) is 6.86. The monoisotopic (exact) mass is 338 g/mol. The van der Waals surface area contributed by atoms with E-state index in [0.29, 0.717) is 10.7 Å². The van der Waals surface area contributed by atoms with Gasteiger partial charge in [0.15, 0.2) is 0 Å². The van der Waals surface area contributed by atoms with E-state index in [0.717, 1.165) is 5.56 Å². The van der Waals surface area contributed by atoms with Gasteiger partial charge >= 0.3 is 0 Å². The standard InChI is InChI=1S/C16H19ClN2O2S/c1-11-14(17)9-10-15(18-11)19-22(20,21)13-7-5-12(6-8-13)16(2,3)4/h5-10H,1-4H3,(H,18,19). The largest absolute Gasteiger partial charge is 0.263 e. The predicted molar refractivity (Wildman–Crippen MR) is 89.9 cm³/mol. The number of aryl methyl sites for hydroxylation is 1. The molecule has 0 bridgehead atoms. The van der Waals surface area contributed by atoms with Crippen LogP contribution < -0.4 is 4.72 Å². The second-order valence-electron chi connectivity index (χ2n) is 6.14. The van der Waals surface area contributed by atoms with Gasteiger partial charge in [-0.3, -0.25) is 4.72 Å². The number of aromatic nitrogens is 1. The van der Waals surface area contributed by atoms with Crippen LogP contribution in [0.5, 0.6) is 0 Å². The fraction of sp³-hybridized carbons (Fsp3) is 0.312.